The minimum Gasteiger partial charge on any atom is -0.354 e. The maximum atomic E-state index is 8.63. The van der Waals surface area contributed by atoms with Crippen LogP contribution in [0.5, 0.6) is 0 Å². The Morgan fingerprint density at radius 2 is 2.17 bits per heavy atom. The number of thiophene rings is 1. The molecule has 126 valence electrons. The molecule has 0 bridgehead atoms. The molecule has 0 spiro atoms. The van der Waals surface area contributed by atoms with Crippen molar-refractivity contribution in [2.45, 2.75) is 13.3 Å². The van der Waals surface area contributed by atoms with Gasteiger partial charge in [0, 0.05) is 37.3 Å². The van der Waals surface area contributed by atoms with Crippen LogP contribution in [-0.2, 0) is 6.42 Å². The summed E-state index contributed by atoms with van der Waals surface area (Å²) in [5.74, 6) is 1.61. The van der Waals surface area contributed by atoms with Crippen molar-refractivity contribution in [3.8, 4) is 0 Å². The van der Waals surface area contributed by atoms with E-state index < -0.39 is 0 Å². The van der Waals surface area contributed by atoms with Crippen LogP contribution in [0.1, 0.15) is 17.4 Å². The van der Waals surface area contributed by atoms with Crippen molar-refractivity contribution >= 4 is 28.0 Å². The van der Waals surface area contributed by atoms with Gasteiger partial charge in [-0.05, 0) is 30.8 Å². The Hall–Kier alpha value is -2.34. The van der Waals surface area contributed by atoms with Gasteiger partial charge >= 0.3 is 0 Å². The number of piperazine rings is 1. The fraction of sp³-hybridized carbons (Fsp3) is 0.333. The van der Waals surface area contributed by atoms with Crippen LogP contribution in [-0.4, -0.2) is 41.9 Å². The number of pyridine rings is 1. The van der Waals surface area contributed by atoms with Gasteiger partial charge in [-0.15, -0.1) is 11.3 Å². The van der Waals surface area contributed by atoms with Gasteiger partial charge in [-0.2, -0.15) is 0 Å². The molecule has 0 radical (unpaired) electrons. The second-order valence-electron chi connectivity index (χ2n) is 5.67. The SMILES string of the molecule is C=CNc1sc(CC)cc1C(=N)N1CCN(c2ccccn2)CC1. The molecule has 24 heavy (non-hydrogen) atoms. The lowest BCUT2D eigenvalue weighted by atomic mass is 10.2. The molecule has 3 heterocycles. The second-order valence-corrected chi connectivity index (χ2v) is 6.80. The van der Waals surface area contributed by atoms with Gasteiger partial charge in [0.05, 0.1) is 5.56 Å². The Labute approximate surface area is 147 Å². The summed E-state index contributed by atoms with van der Waals surface area (Å²) >= 11 is 1.70. The Morgan fingerprint density at radius 3 is 2.79 bits per heavy atom. The van der Waals surface area contributed by atoms with E-state index in [-0.39, 0.29) is 0 Å². The molecule has 2 N–H and O–H groups in total. The van der Waals surface area contributed by atoms with Gasteiger partial charge in [-0.1, -0.05) is 19.6 Å². The van der Waals surface area contributed by atoms with Crippen LogP contribution in [0.25, 0.3) is 0 Å². The van der Waals surface area contributed by atoms with Crippen LogP contribution in [0.15, 0.2) is 43.2 Å². The summed E-state index contributed by atoms with van der Waals surface area (Å²) in [6.45, 7) is 9.32. The van der Waals surface area contributed by atoms with Crippen molar-refractivity contribution in [3.63, 3.8) is 0 Å². The topological polar surface area (TPSA) is 55.3 Å². The molecule has 0 saturated carbocycles. The molecule has 1 aliphatic heterocycles. The highest BCUT2D eigenvalue weighted by atomic mass is 32.1. The maximum Gasteiger partial charge on any atom is 0.131 e. The van der Waals surface area contributed by atoms with E-state index in [1.165, 1.54) is 4.88 Å². The third-order valence-corrected chi connectivity index (χ3v) is 5.40. The van der Waals surface area contributed by atoms with Crippen LogP contribution in [0.3, 0.4) is 0 Å². The van der Waals surface area contributed by atoms with Crippen molar-refractivity contribution in [2.24, 2.45) is 0 Å². The molecule has 1 saturated heterocycles. The molecule has 2 aromatic heterocycles. The number of hydrogen-bond donors (Lipinski definition) is 2. The summed E-state index contributed by atoms with van der Waals surface area (Å²) in [6.07, 6.45) is 4.49. The fourth-order valence-electron chi connectivity index (χ4n) is 2.86. The number of amidine groups is 1. The molecule has 2 aromatic rings. The number of nitrogens with zero attached hydrogens (tertiary/aromatic N) is 3. The van der Waals surface area contributed by atoms with Gasteiger partial charge in [0.15, 0.2) is 0 Å². The molecule has 5 nitrogen and oxygen atoms in total. The molecule has 0 aromatic carbocycles. The maximum absolute atomic E-state index is 8.63. The van der Waals surface area contributed by atoms with Gasteiger partial charge in [-0.3, -0.25) is 5.41 Å². The Morgan fingerprint density at radius 1 is 1.38 bits per heavy atom. The van der Waals surface area contributed by atoms with Crippen LogP contribution >= 0.6 is 11.3 Å². The van der Waals surface area contributed by atoms with E-state index in [2.05, 4.69) is 39.7 Å². The molecule has 0 unspecified atom stereocenters. The first-order valence-corrected chi connectivity index (χ1v) is 9.04. The zero-order valence-corrected chi connectivity index (χ0v) is 14.8. The molecular formula is C18H23N5S. The first-order valence-electron chi connectivity index (χ1n) is 8.23. The summed E-state index contributed by atoms with van der Waals surface area (Å²) in [5, 5.41) is 12.8. The predicted octanol–water partition coefficient (Wildman–Crippen LogP) is 3.41. The zero-order valence-electron chi connectivity index (χ0n) is 14.0. The normalized spacial score (nSPS) is 14.5. The fourth-order valence-corrected chi connectivity index (χ4v) is 3.85. The average Bonchev–Trinajstić information content (AvgIpc) is 3.05. The van der Waals surface area contributed by atoms with Crippen LogP contribution < -0.4 is 10.2 Å². The van der Waals surface area contributed by atoms with Crippen molar-refractivity contribution in [2.75, 3.05) is 36.4 Å². The smallest absolute Gasteiger partial charge is 0.131 e. The third-order valence-electron chi connectivity index (χ3n) is 4.19. The van der Waals surface area contributed by atoms with E-state index in [4.69, 9.17) is 5.41 Å². The first-order chi connectivity index (χ1) is 11.7. The molecule has 0 amide bonds. The molecule has 0 aliphatic carbocycles. The predicted molar refractivity (Wildman–Crippen MR) is 102 cm³/mol. The van der Waals surface area contributed by atoms with Crippen LogP contribution in [0, 0.1) is 5.41 Å². The molecule has 3 rings (SSSR count). The summed E-state index contributed by atoms with van der Waals surface area (Å²) < 4.78 is 0. The highest BCUT2D eigenvalue weighted by molar-refractivity contribution is 7.16. The Bertz CT molecular complexity index is 701. The van der Waals surface area contributed by atoms with E-state index >= 15 is 0 Å². The summed E-state index contributed by atoms with van der Waals surface area (Å²) in [4.78, 5) is 10.1. The largest absolute Gasteiger partial charge is 0.354 e. The van der Waals surface area contributed by atoms with Gasteiger partial charge in [-0.25, -0.2) is 4.98 Å². The summed E-state index contributed by atoms with van der Waals surface area (Å²) in [7, 11) is 0. The molecule has 1 fully saturated rings. The molecule has 1 aliphatic rings. The molecule has 0 atom stereocenters. The lowest BCUT2D eigenvalue weighted by Crippen LogP contribution is -2.49. The summed E-state index contributed by atoms with van der Waals surface area (Å²) in [5.41, 5.74) is 0.975. The van der Waals surface area contributed by atoms with Crippen molar-refractivity contribution in [3.05, 3.63) is 53.7 Å². The summed E-state index contributed by atoms with van der Waals surface area (Å²) in [6, 6.07) is 8.12. The Kier molecular flexibility index (Phi) is 5.15. The highest BCUT2D eigenvalue weighted by Gasteiger charge is 2.23. The standard InChI is InChI=1S/C18H23N5S/c1-3-14-13-15(18(24-14)20-4-2)17(19)23-11-9-22(10-12-23)16-7-5-6-8-21-16/h4-8,13,19-20H,2-3,9-12H2,1H3. The third kappa shape index (κ3) is 3.43. The van der Waals surface area contributed by atoms with E-state index in [1.54, 1.807) is 17.5 Å². The quantitative estimate of drug-likeness (QED) is 0.646. The molecule has 6 heteroatoms. The van der Waals surface area contributed by atoms with Gasteiger partial charge in [0.2, 0.25) is 0 Å². The Balaban J connectivity index is 1.69. The minimum absolute atomic E-state index is 0.593. The number of anilines is 2. The van der Waals surface area contributed by atoms with Crippen LogP contribution in [0.4, 0.5) is 10.8 Å². The lowest BCUT2D eigenvalue weighted by molar-refractivity contribution is 0.383. The molecular weight excluding hydrogens is 318 g/mol. The van der Waals surface area contributed by atoms with E-state index in [0.717, 1.165) is 49.0 Å². The van der Waals surface area contributed by atoms with E-state index in [1.807, 2.05) is 24.4 Å². The number of aryl methyl sites for hydroxylation is 1. The van der Waals surface area contributed by atoms with E-state index in [9.17, 15) is 0 Å². The van der Waals surface area contributed by atoms with Crippen molar-refractivity contribution in [1.29, 1.82) is 5.41 Å². The number of hydrogen-bond acceptors (Lipinski definition) is 5. The highest BCUT2D eigenvalue weighted by Crippen LogP contribution is 2.30. The average molecular weight is 341 g/mol. The lowest BCUT2D eigenvalue weighted by Gasteiger charge is -2.36. The van der Waals surface area contributed by atoms with E-state index in [0.29, 0.717) is 5.84 Å². The van der Waals surface area contributed by atoms with Gasteiger partial charge in [0.25, 0.3) is 0 Å². The van der Waals surface area contributed by atoms with Gasteiger partial charge < -0.3 is 15.1 Å². The van der Waals surface area contributed by atoms with Crippen molar-refractivity contribution in [1.82, 2.24) is 9.88 Å². The number of aromatic nitrogens is 1. The second kappa shape index (κ2) is 7.49. The van der Waals surface area contributed by atoms with Crippen molar-refractivity contribution < 1.29 is 0 Å². The first kappa shape index (κ1) is 16.5. The number of nitrogens with one attached hydrogen (secondary N) is 2. The van der Waals surface area contributed by atoms with Crippen LogP contribution in [0.2, 0.25) is 0 Å². The monoisotopic (exact) mass is 341 g/mol. The minimum atomic E-state index is 0.593. The number of rotatable bonds is 5. The van der Waals surface area contributed by atoms with Gasteiger partial charge in [0.1, 0.15) is 16.7 Å². The zero-order chi connectivity index (χ0) is 16.9.